The summed E-state index contributed by atoms with van der Waals surface area (Å²) in [7, 11) is 0. The third kappa shape index (κ3) is 4.13. The third-order valence-corrected chi connectivity index (χ3v) is 1.19. The van der Waals surface area contributed by atoms with Crippen molar-refractivity contribution in [3.63, 3.8) is 0 Å². The average molecular weight is 157 g/mol. The molecule has 1 amide bonds. The molecule has 0 radical (unpaired) electrons. The fourth-order valence-electron chi connectivity index (χ4n) is 0.426. The summed E-state index contributed by atoms with van der Waals surface area (Å²) in [5, 5.41) is 10.4. The number of allylic oxidation sites excluding steroid dienone is 1. The standard InChI is InChI=1S/C7H11NO3/c1-3-5(2)7(11)8-4-6(9)10/h3H,4H2,1-2H3,(H,8,11)(H,9,10). The Morgan fingerprint density at radius 1 is 1.55 bits per heavy atom. The van der Waals surface area contributed by atoms with Gasteiger partial charge in [0, 0.05) is 5.57 Å². The number of carbonyl (C=O) groups is 2. The molecule has 11 heavy (non-hydrogen) atoms. The van der Waals surface area contributed by atoms with Gasteiger partial charge < -0.3 is 10.4 Å². The quantitative estimate of drug-likeness (QED) is 0.573. The molecule has 0 aromatic heterocycles. The van der Waals surface area contributed by atoms with E-state index in [9.17, 15) is 9.59 Å². The SMILES string of the molecule is CC=C(C)C(=O)NCC(=O)O. The minimum Gasteiger partial charge on any atom is -0.480 e. The zero-order valence-corrected chi connectivity index (χ0v) is 6.55. The van der Waals surface area contributed by atoms with Crippen LogP contribution in [0.5, 0.6) is 0 Å². The number of carboxylic acids is 1. The molecule has 0 rings (SSSR count). The Labute approximate surface area is 64.9 Å². The van der Waals surface area contributed by atoms with Crippen molar-refractivity contribution in [1.82, 2.24) is 5.32 Å². The molecule has 0 unspecified atom stereocenters. The van der Waals surface area contributed by atoms with Gasteiger partial charge in [-0.05, 0) is 13.8 Å². The van der Waals surface area contributed by atoms with Crippen molar-refractivity contribution in [2.24, 2.45) is 0 Å². The van der Waals surface area contributed by atoms with E-state index < -0.39 is 5.97 Å². The molecule has 0 spiro atoms. The number of rotatable bonds is 3. The van der Waals surface area contributed by atoms with E-state index in [-0.39, 0.29) is 12.5 Å². The number of carboxylic acid groups (broad SMARTS) is 1. The molecule has 0 heterocycles. The highest BCUT2D eigenvalue weighted by molar-refractivity contribution is 5.94. The summed E-state index contributed by atoms with van der Waals surface area (Å²) in [5.74, 6) is -1.38. The third-order valence-electron chi connectivity index (χ3n) is 1.19. The maximum atomic E-state index is 10.8. The predicted molar refractivity (Wildman–Crippen MR) is 40.1 cm³/mol. The van der Waals surface area contributed by atoms with Gasteiger partial charge in [0.2, 0.25) is 5.91 Å². The fourth-order valence-corrected chi connectivity index (χ4v) is 0.426. The normalized spacial score (nSPS) is 10.9. The van der Waals surface area contributed by atoms with Gasteiger partial charge in [-0.1, -0.05) is 6.08 Å². The van der Waals surface area contributed by atoms with E-state index in [1.54, 1.807) is 19.9 Å². The number of carbonyl (C=O) groups excluding carboxylic acids is 1. The molecule has 4 nitrogen and oxygen atoms in total. The van der Waals surface area contributed by atoms with E-state index in [1.165, 1.54) is 0 Å². The molecular formula is C7H11NO3. The Balaban J connectivity index is 3.80. The minimum atomic E-state index is -1.04. The summed E-state index contributed by atoms with van der Waals surface area (Å²) >= 11 is 0. The van der Waals surface area contributed by atoms with Gasteiger partial charge in [-0.15, -0.1) is 0 Å². The summed E-state index contributed by atoms with van der Waals surface area (Å²) in [6, 6.07) is 0. The molecule has 0 aromatic carbocycles. The number of hydrogen-bond donors (Lipinski definition) is 2. The second kappa shape index (κ2) is 4.49. The second-order valence-corrected chi connectivity index (χ2v) is 2.05. The van der Waals surface area contributed by atoms with Gasteiger partial charge in [0.05, 0.1) is 0 Å². The molecule has 0 aliphatic carbocycles. The van der Waals surface area contributed by atoms with Gasteiger partial charge in [0.15, 0.2) is 0 Å². The van der Waals surface area contributed by atoms with Crippen LogP contribution in [0.4, 0.5) is 0 Å². The van der Waals surface area contributed by atoms with Crippen molar-refractivity contribution in [2.75, 3.05) is 6.54 Å². The zero-order chi connectivity index (χ0) is 8.85. The van der Waals surface area contributed by atoms with Crippen LogP contribution in [0.2, 0.25) is 0 Å². The molecular weight excluding hydrogens is 146 g/mol. The first-order valence-electron chi connectivity index (χ1n) is 3.20. The summed E-state index contributed by atoms with van der Waals surface area (Å²) in [6.45, 7) is 3.01. The molecule has 0 bridgehead atoms. The molecule has 0 aliphatic rings. The minimum absolute atomic E-state index is 0.329. The van der Waals surface area contributed by atoms with Gasteiger partial charge in [0.1, 0.15) is 6.54 Å². The summed E-state index contributed by atoms with van der Waals surface area (Å²) in [5.41, 5.74) is 0.520. The first-order chi connectivity index (χ1) is 5.07. The van der Waals surface area contributed by atoms with Crippen LogP contribution < -0.4 is 5.32 Å². The summed E-state index contributed by atoms with van der Waals surface area (Å²) < 4.78 is 0. The van der Waals surface area contributed by atoms with Crippen LogP contribution >= 0.6 is 0 Å². The maximum absolute atomic E-state index is 10.8. The van der Waals surface area contributed by atoms with Gasteiger partial charge in [0.25, 0.3) is 0 Å². The van der Waals surface area contributed by atoms with Crippen molar-refractivity contribution < 1.29 is 14.7 Å². The largest absolute Gasteiger partial charge is 0.480 e. The van der Waals surface area contributed by atoms with Gasteiger partial charge in [-0.2, -0.15) is 0 Å². The second-order valence-electron chi connectivity index (χ2n) is 2.05. The number of nitrogens with one attached hydrogen (secondary N) is 1. The fraction of sp³-hybridized carbons (Fsp3) is 0.429. The first-order valence-corrected chi connectivity index (χ1v) is 3.20. The molecule has 4 heteroatoms. The van der Waals surface area contributed by atoms with Crippen molar-refractivity contribution in [2.45, 2.75) is 13.8 Å². The molecule has 0 saturated heterocycles. The van der Waals surface area contributed by atoms with E-state index in [1.807, 2.05) is 0 Å². The van der Waals surface area contributed by atoms with Crippen LogP contribution in [0.1, 0.15) is 13.8 Å². The monoisotopic (exact) mass is 157 g/mol. The van der Waals surface area contributed by atoms with Crippen molar-refractivity contribution >= 4 is 11.9 Å². The average Bonchev–Trinajstić information content (AvgIpc) is 1.98. The Morgan fingerprint density at radius 3 is 2.45 bits per heavy atom. The first kappa shape index (κ1) is 9.68. The molecule has 0 fully saturated rings. The molecule has 0 aliphatic heterocycles. The Morgan fingerprint density at radius 2 is 2.09 bits per heavy atom. The summed E-state index contributed by atoms with van der Waals surface area (Å²) in [4.78, 5) is 20.8. The molecule has 0 aromatic rings. The Bertz CT molecular complexity index is 196. The van der Waals surface area contributed by atoms with Crippen LogP contribution in [0, 0.1) is 0 Å². The van der Waals surface area contributed by atoms with Gasteiger partial charge in [-0.25, -0.2) is 0 Å². The van der Waals surface area contributed by atoms with Crippen LogP contribution in [-0.2, 0) is 9.59 Å². The molecule has 2 N–H and O–H groups in total. The molecule has 0 saturated carbocycles. The highest BCUT2D eigenvalue weighted by Crippen LogP contribution is 1.89. The Hall–Kier alpha value is -1.32. The van der Waals surface area contributed by atoms with E-state index in [4.69, 9.17) is 5.11 Å². The van der Waals surface area contributed by atoms with Crippen molar-refractivity contribution in [3.8, 4) is 0 Å². The Kier molecular flexibility index (Phi) is 3.95. The zero-order valence-electron chi connectivity index (χ0n) is 6.55. The summed E-state index contributed by atoms with van der Waals surface area (Å²) in [6.07, 6.45) is 1.62. The lowest BCUT2D eigenvalue weighted by molar-refractivity contribution is -0.137. The van der Waals surface area contributed by atoms with Crippen molar-refractivity contribution in [3.05, 3.63) is 11.6 Å². The number of hydrogen-bond acceptors (Lipinski definition) is 2. The molecule has 0 atom stereocenters. The van der Waals surface area contributed by atoms with Crippen LogP contribution in [0.25, 0.3) is 0 Å². The highest BCUT2D eigenvalue weighted by atomic mass is 16.4. The van der Waals surface area contributed by atoms with E-state index >= 15 is 0 Å². The van der Waals surface area contributed by atoms with Gasteiger partial charge >= 0.3 is 5.97 Å². The van der Waals surface area contributed by atoms with Crippen molar-refractivity contribution in [1.29, 1.82) is 0 Å². The number of amides is 1. The van der Waals surface area contributed by atoms with E-state index in [0.29, 0.717) is 5.57 Å². The number of aliphatic carboxylic acids is 1. The maximum Gasteiger partial charge on any atom is 0.322 e. The van der Waals surface area contributed by atoms with E-state index in [2.05, 4.69) is 5.32 Å². The van der Waals surface area contributed by atoms with Crippen LogP contribution in [0.15, 0.2) is 11.6 Å². The smallest absolute Gasteiger partial charge is 0.322 e. The van der Waals surface area contributed by atoms with Crippen LogP contribution in [0.3, 0.4) is 0 Å². The van der Waals surface area contributed by atoms with Crippen LogP contribution in [-0.4, -0.2) is 23.5 Å². The highest BCUT2D eigenvalue weighted by Gasteiger charge is 2.03. The topological polar surface area (TPSA) is 66.4 Å². The predicted octanol–water partition coefficient (Wildman–Crippen LogP) is 0.153. The lowest BCUT2D eigenvalue weighted by atomic mass is 10.3. The van der Waals surface area contributed by atoms with E-state index in [0.717, 1.165) is 0 Å². The molecule has 62 valence electrons. The lowest BCUT2D eigenvalue weighted by Crippen LogP contribution is -2.29. The van der Waals surface area contributed by atoms with Gasteiger partial charge in [-0.3, -0.25) is 9.59 Å². The lowest BCUT2D eigenvalue weighted by Gasteiger charge is -1.99.